The van der Waals surface area contributed by atoms with Crippen LogP contribution in [0.2, 0.25) is 0 Å². The Kier molecular flexibility index (Phi) is 2.77. The highest BCUT2D eigenvalue weighted by atomic mass is 79.9. The summed E-state index contributed by atoms with van der Waals surface area (Å²) in [6, 6.07) is 3.50. The van der Waals surface area contributed by atoms with E-state index in [1.807, 2.05) is 0 Å². The minimum atomic E-state index is -0.308. The molecule has 5 nitrogen and oxygen atoms in total. The third kappa shape index (κ3) is 2.21. The molecule has 2 N–H and O–H groups in total. The second-order valence-electron chi connectivity index (χ2n) is 2.73. The lowest BCUT2D eigenvalue weighted by Crippen LogP contribution is -2.15. The SMILES string of the molecule is O=C(Nc1ncc[nH]1)c1ncccc1Br. The summed E-state index contributed by atoms with van der Waals surface area (Å²) in [5.74, 6) is 0.0926. The van der Waals surface area contributed by atoms with E-state index in [9.17, 15) is 4.79 Å². The number of hydrogen-bond acceptors (Lipinski definition) is 3. The van der Waals surface area contributed by atoms with E-state index >= 15 is 0 Å². The van der Waals surface area contributed by atoms with Crippen molar-refractivity contribution in [3.05, 3.63) is 40.9 Å². The van der Waals surface area contributed by atoms with Gasteiger partial charge in [0.1, 0.15) is 5.69 Å². The zero-order valence-corrected chi connectivity index (χ0v) is 9.15. The first kappa shape index (κ1) is 9.85. The molecule has 0 unspecified atom stereocenters. The average molecular weight is 267 g/mol. The number of pyridine rings is 1. The maximum atomic E-state index is 11.7. The van der Waals surface area contributed by atoms with Crippen molar-refractivity contribution in [2.75, 3.05) is 5.32 Å². The van der Waals surface area contributed by atoms with Crippen LogP contribution in [0.3, 0.4) is 0 Å². The fraction of sp³-hybridized carbons (Fsp3) is 0. The highest BCUT2D eigenvalue weighted by molar-refractivity contribution is 9.10. The van der Waals surface area contributed by atoms with E-state index in [2.05, 4.69) is 36.2 Å². The van der Waals surface area contributed by atoms with Crippen LogP contribution in [0.4, 0.5) is 5.95 Å². The van der Waals surface area contributed by atoms with Gasteiger partial charge >= 0.3 is 0 Å². The highest BCUT2D eigenvalue weighted by Crippen LogP contribution is 2.14. The van der Waals surface area contributed by atoms with Gasteiger partial charge < -0.3 is 4.98 Å². The molecule has 0 aromatic carbocycles. The molecule has 0 aliphatic carbocycles. The number of nitrogens with one attached hydrogen (secondary N) is 2. The van der Waals surface area contributed by atoms with Crippen LogP contribution in [-0.2, 0) is 0 Å². The predicted octanol–water partition coefficient (Wildman–Crippen LogP) is 1.82. The summed E-state index contributed by atoms with van der Waals surface area (Å²) in [6.45, 7) is 0. The number of halogens is 1. The Bertz CT molecular complexity index is 469. The van der Waals surface area contributed by atoms with Crippen LogP contribution < -0.4 is 5.32 Å². The summed E-state index contributed by atoms with van der Waals surface area (Å²) in [5, 5.41) is 2.58. The van der Waals surface area contributed by atoms with Gasteiger partial charge in [0.25, 0.3) is 5.91 Å². The second-order valence-corrected chi connectivity index (χ2v) is 3.58. The largest absolute Gasteiger partial charge is 0.331 e. The number of imidazole rings is 1. The Morgan fingerprint density at radius 1 is 1.40 bits per heavy atom. The minimum Gasteiger partial charge on any atom is -0.331 e. The third-order valence-corrected chi connectivity index (χ3v) is 2.34. The molecule has 2 aromatic rings. The van der Waals surface area contributed by atoms with E-state index in [4.69, 9.17) is 0 Å². The zero-order chi connectivity index (χ0) is 10.7. The Labute approximate surface area is 94.1 Å². The lowest BCUT2D eigenvalue weighted by molar-refractivity contribution is 0.102. The van der Waals surface area contributed by atoms with Crippen LogP contribution in [0.1, 0.15) is 10.5 Å². The van der Waals surface area contributed by atoms with Gasteiger partial charge in [-0.15, -0.1) is 0 Å². The molecule has 0 aliphatic rings. The summed E-state index contributed by atoms with van der Waals surface area (Å²) >= 11 is 3.25. The molecule has 15 heavy (non-hydrogen) atoms. The third-order valence-electron chi connectivity index (χ3n) is 1.70. The number of anilines is 1. The van der Waals surface area contributed by atoms with Crippen molar-refractivity contribution in [1.82, 2.24) is 15.0 Å². The van der Waals surface area contributed by atoms with Gasteiger partial charge in [-0.25, -0.2) is 9.97 Å². The Hall–Kier alpha value is -1.69. The molecule has 0 saturated heterocycles. The fourth-order valence-electron chi connectivity index (χ4n) is 1.05. The number of hydrogen-bond donors (Lipinski definition) is 2. The topological polar surface area (TPSA) is 70.7 Å². The van der Waals surface area contributed by atoms with Gasteiger partial charge in [0.15, 0.2) is 0 Å². The van der Waals surface area contributed by atoms with E-state index in [-0.39, 0.29) is 5.91 Å². The van der Waals surface area contributed by atoms with E-state index in [1.165, 1.54) is 0 Å². The minimum absolute atomic E-state index is 0.308. The number of rotatable bonds is 2. The fourth-order valence-corrected chi connectivity index (χ4v) is 1.49. The van der Waals surface area contributed by atoms with E-state index in [1.54, 1.807) is 30.7 Å². The highest BCUT2D eigenvalue weighted by Gasteiger charge is 2.11. The van der Waals surface area contributed by atoms with Gasteiger partial charge in [-0.1, -0.05) is 0 Å². The quantitative estimate of drug-likeness (QED) is 0.871. The number of nitrogens with zero attached hydrogens (tertiary/aromatic N) is 2. The molecule has 0 aliphatic heterocycles. The molecule has 2 heterocycles. The van der Waals surface area contributed by atoms with Crippen molar-refractivity contribution in [3.63, 3.8) is 0 Å². The number of carbonyl (C=O) groups excluding carboxylic acids is 1. The van der Waals surface area contributed by atoms with Crippen LogP contribution in [0, 0.1) is 0 Å². The number of amides is 1. The molecule has 0 atom stereocenters. The Morgan fingerprint density at radius 2 is 2.27 bits per heavy atom. The van der Waals surface area contributed by atoms with Crippen LogP contribution in [0.25, 0.3) is 0 Å². The maximum absolute atomic E-state index is 11.7. The number of H-pyrrole nitrogens is 1. The zero-order valence-electron chi connectivity index (χ0n) is 7.57. The molecule has 0 fully saturated rings. The summed E-state index contributed by atoms with van der Waals surface area (Å²) in [4.78, 5) is 22.3. The standard InChI is InChI=1S/C9H7BrN4O/c10-6-2-1-3-11-7(6)8(15)14-9-12-4-5-13-9/h1-5H,(H2,12,13,14,15). The molecule has 1 amide bonds. The average Bonchev–Trinajstić information content (AvgIpc) is 2.71. The van der Waals surface area contributed by atoms with Crippen molar-refractivity contribution >= 4 is 27.8 Å². The number of aromatic amines is 1. The Balaban J connectivity index is 2.19. The monoisotopic (exact) mass is 266 g/mol. The first-order valence-corrected chi connectivity index (χ1v) is 4.98. The number of carbonyl (C=O) groups is 1. The predicted molar refractivity (Wildman–Crippen MR) is 58.5 cm³/mol. The molecular formula is C9H7BrN4O. The molecular weight excluding hydrogens is 260 g/mol. The summed E-state index contributed by atoms with van der Waals surface area (Å²) in [6.07, 6.45) is 4.74. The van der Waals surface area contributed by atoms with Gasteiger partial charge in [-0.05, 0) is 28.1 Å². The summed E-state index contributed by atoms with van der Waals surface area (Å²) in [7, 11) is 0. The van der Waals surface area contributed by atoms with Gasteiger partial charge in [0.05, 0.1) is 0 Å². The lowest BCUT2D eigenvalue weighted by atomic mass is 10.3. The maximum Gasteiger partial charge on any atom is 0.277 e. The molecule has 2 aromatic heterocycles. The van der Waals surface area contributed by atoms with Crippen molar-refractivity contribution in [1.29, 1.82) is 0 Å². The lowest BCUT2D eigenvalue weighted by Gasteiger charge is -2.02. The molecule has 0 saturated carbocycles. The molecule has 6 heteroatoms. The van der Waals surface area contributed by atoms with Crippen LogP contribution >= 0.6 is 15.9 Å². The van der Waals surface area contributed by atoms with Gasteiger partial charge in [-0.2, -0.15) is 0 Å². The van der Waals surface area contributed by atoms with Crippen LogP contribution in [-0.4, -0.2) is 20.9 Å². The van der Waals surface area contributed by atoms with Gasteiger partial charge in [-0.3, -0.25) is 10.1 Å². The first-order chi connectivity index (χ1) is 7.27. The van der Waals surface area contributed by atoms with Crippen molar-refractivity contribution in [2.45, 2.75) is 0 Å². The Morgan fingerprint density at radius 3 is 2.93 bits per heavy atom. The van der Waals surface area contributed by atoms with Gasteiger partial charge in [0, 0.05) is 23.1 Å². The van der Waals surface area contributed by atoms with E-state index in [0.29, 0.717) is 16.1 Å². The smallest absolute Gasteiger partial charge is 0.277 e. The van der Waals surface area contributed by atoms with Gasteiger partial charge in [0.2, 0.25) is 5.95 Å². The molecule has 0 spiro atoms. The van der Waals surface area contributed by atoms with Crippen LogP contribution in [0.5, 0.6) is 0 Å². The van der Waals surface area contributed by atoms with Crippen molar-refractivity contribution in [3.8, 4) is 0 Å². The van der Waals surface area contributed by atoms with E-state index < -0.39 is 0 Å². The summed E-state index contributed by atoms with van der Waals surface area (Å²) < 4.78 is 0.647. The first-order valence-electron chi connectivity index (χ1n) is 4.18. The molecule has 0 bridgehead atoms. The van der Waals surface area contributed by atoms with E-state index in [0.717, 1.165) is 0 Å². The summed E-state index contributed by atoms with van der Waals surface area (Å²) in [5.41, 5.74) is 0.328. The van der Waals surface area contributed by atoms with Crippen molar-refractivity contribution in [2.24, 2.45) is 0 Å². The molecule has 0 radical (unpaired) electrons. The van der Waals surface area contributed by atoms with Crippen molar-refractivity contribution < 1.29 is 4.79 Å². The second kappa shape index (κ2) is 4.22. The normalized spacial score (nSPS) is 9.93. The number of aromatic nitrogens is 3. The molecule has 2 rings (SSSR count). The van der Waals surface area contributed by atoms with Crippen LogP contribution in [0.15, 0.2) is 35.2 Å². The molecule has 76 valence electrons.